The van der Waals surface area contributed by atoms with Crippen molar-refractivity contribution in [3.63, 3.8) is 0 Å². The lowest BCUT2D eigenvalue weighted by Gasteiger charge is -2.14. The van der Waals surface area contributed by atoms with E-state index in [1.54, 1.807) is 0 Å². The van der Waals surface area contributed by atoms with Gasteiger partial charge in [0.25, 0.3) is 0 Å². The van der Waals surface area contributed by atoms with Crippen LogP contribution in [-0.2, 0) is 16.6 Å². The van der Waals surface area contributed by atoms with E-state index in [0.717, 1.165) is 24.8 Å². The molecule has 0 aliphatic heterocycles. The van der Waals surface area contributed by atoms with Gasteiger partial charge in [-0.3, -0.25) is 4.21 Å². The van der Waals surface area contributed by atoms with Gasteiger partial charge in [-0.15, -0.1) is 0 Å². The average molecular weight is 258 g/mol. The highest BCUT2D eigenvalue weighted by atomic mass is 35.5. The van der Waals surface area contributed by atoms with Crippen molar-refractivity contribution in [2.75, 3.05) is 0 Å². The van der Waals surface area contributed by atoms with Gasteiger partial charge in [-0.25, -0.2) is 0 Å². The van der Waals surface area contributed by atoms with Gasteiger partial charge in [0.05, 0.1) is 5.25 Å². The molecule has 0 radical (unpaired) electrons. The van der Waals surface area contributed by atoms with Crippen molar-refractivity contribution in [2.45, 2.75) is 36.3 Å². The van der Waals surface area contributed by atoms with Gasteiger partial charge < -0.3 is 5.73 Å². The molecule has 0 heterocycles. The Balaban J connectivity index is 1.99. The van der Waals surface area contributed by atoms with E-state index in [-0.39, 0.29) is 11.3 Å². The zero-order chi connectivity index (χ0) is 11.5. The molecule has 1 aliphatic rings. The van der Waals surface area contributed by atoms with Crippen LogP contribution in [0, 0.1) is 0 Å². The fourth-order valence-electron chi connectivity index (χ4n) is 2.13. The highest BCUT2D eigenvalue weighted by Gasteiger charge is 2.28. The first-order valence-corrected chi connectivity index (χ1v) is 7.30. The normalized spacial score (nSPS) is 26.9. The predicted octanol–water partition coefficient (Wildman–Crippen LogP) is 2.47. The summed E-state index contributed by atoms with van der Waals surface area (Å²) < 4.78 is 12.1. The first-order chi connectivity index (χ1) is 7.66. The van der Waals surface area contributed by atoms with Gasteiger partial charge >= 0.3 is 0 Å². The van der Waals surface area contributed by atoms with Crippen molar-refractivity contribution in [3.05, 3.63) is 34.9 Å². The van der Waals surface area contributed by atoms with Crippen LogP contribution >= 0.6 is 11.6 Å². The summed E-state index contributed by atoms with van der Waals surface area (Å²) in [6.45, 7) is 0. The summed E-state index contributed by atoms with van der Waals surface area (Å²) in [4.78, 5) is 0. The van der Waals surface area contributed by atoms with E-state index in [9.17, 15) is 4.21 Å². The number of hydrogen-bond donors (Lipinski definition) is 1. The van der Waals surface area contributed by atoms with Gasteiger partial charge in [0, 0.05) is 27.6 Å². The summed E-state index contributed by atoms with van der Waals surface area (Å²) in [5.41, 5.74) is 7.01. The molecule has 16 heavy (non-hydrogen) atoms. The monoisotopic (exact) mass is 257 g/mol. The summed E-state index contributed by atoms with van der Waals surface area (Å²) in [6.07, 6.45) is 3.12. The summed E-state index contributed by atoms with van der Waals surface area (Å²) in [5, 5.41) is 0.891. The van der Waals surface area contributed by atoms with E-state index in [2.05, 4.69) is 0 Å². The maximum atomic E-state index is 12.1. The van der Waals surface area contributed by atoms with Crippen molar-refractivity contribution in [1.29, 1.82) is 0 Å². The second-order valence-corrected chi connectivity index (χ2v) is 6.38. The molecule has 88 valence electrons. The average Bonchev–Trinajstić information content (AvgIpc) is 2.68. The molecule has 0 amide bonds. The molecule has 1 aliphatic carbocycles. The molecule has 3 unspecified atom stereocenters. The Labute approximate surface area is 104 Å². The van der Waals surface area contributed by atoms with Gasteiger partial charge in [0.2, 0.25) is 0 Å². The lowest BCUT2D eigenvalue weighted by Crippen LogP contribution is -2.33. The molecular formula is C12H16ClNOS. The molecule has 0 spiro atoms. The second kappa shape index (κ2) is 5.30. The molecule has 4 heteroatoms. The van der Waals surface area contributed by atoms with E-state index in [1.165, 1.54) is 0 Å². The summed E-state index contributed by atoms with van der Waals surface area (Å²) in [5.74, 6) is 0.593. The molecule has 2 rings (SSSR count). The third-order valence-electron chi connectivity index (χ3n) is 3.06. The molecule has 2 N–H and O–H groups in total. The van der Waals surface area contributed by atoms with Gasteiger partial charge in [-0.2, -0.15) is 0 Å². The molecule has 0 saturated heterocycles. The fourth-order valence-corrected chi connectivity index (χ4v) is 3.95. The van der Waals surface area contributed by atoms with Crippen LogP contribution in [0.25, 0.3) is 0 Å². The third kappa shape index (κ3) is 2.84. The van der Waals surface area contributed by atoms with Crippen LogP contribution in [0.15, 0.2) is 24.3 Å². The maximum absolute atomic E-state index is 12.1. The lowest BCUT2D eigenvalue weighted by atomic mass is 10.2. The Bertz CT molecular complexity index is 379. The zero-order valence-corrected chi connectivity index (χ0v) is 10.6. The van der Waals surface area contributed by atoms with Gasteiger partial charge in [0.1, 0.15) is 0 Å². The minimum absolute atomic E-state index is 0.119. The Hall–Kier alpha value is -0.380. The molecule has 1 saturated carbocycles. The summed E-state index contributed by atoms with van der Waals surface area (Å²) >= 11 is 5.80. The van der Waals surface area contributed by atoms with Gasteiger partial charge in [-0.1, -0.05) is 30.2 Å². The molecule has 1 aromatic rings. The number of benzene rings is 1. The Kier molecular flexibility index (Phi) is 4.00. The minimum atomic E-state index is -0.851. The third-order valence-corrected chi connectivity index (χ3v) is 5.19. The number of rotatable bonds is 3. The first kappa shape index (κ1) is 12.1. The molecule has 1 aromatic carbocycles. The number of hydrogen-bond acceptors (Lipinski definition) is 2. The highest BCUT2D eigenvalue weighted by molar-refractivity contribution is 7.84. The molecule has 0 aromatic heterocycles. The molecule has 0 bridgehead atoms. The zero-order valence-electron chi connectivity index (χ0n) is 9.06. The lowest BCUT2D eigenvalue weighted by molar-refractivity contribution is 0.648. The summed E-state index contributed by atoms with van der Waals surface area (Å²) in [6, 6.07) is 7.65. The molecule has 1 fully saturated rings. The van der Waals surface area contributed by atoms with Crippen LogP contribution in [0.5, 0.6) is 0 Å². The van der Waals surface area contributed by atoms with E-state index >= 15 is 0 Å². The minimum Gasteiger partial charge on any atom is -0.327 e. The van der Waals surface area contributed by atoms with Crippen LogP contribution in [0.1, 0.15) is 24.8 Å². The van der Waals surface area contributed by atoms with Crippen LogP contribution in [0.3, 0.4) is 0 Å². The first-order valence-electron chi connectivity index (χ1n) is 5.54. The molecular weight excluding hydrogens is 242 g/mol. The predicted molar refractivity (Wildman–Crippen MR) is 68.9 cm³/mol. The Morgan fingerprint density at radius 3 is 2.56 bits per heavy atom. The van der Waals surface area contributed by atoms with Crippen LogP contribution in [0.4, 0.5) is 0 Å². The molecule has 3 atom stereocenters. The van der Waals surface area contributed by atoms with Crippen molar-refractivity contribution >= 4 is 22.4 Å². The standard InChI is InChI=1S/C12H16ClNOS/c13-10-6-4-9(5-7-10)8-16(15)12-3-1-2-11(12)14/h4-7,11-12H,1-3,8,14H2. The van der Waals surface area contributed by atoms with Crippen LogP contribution in [-0.4, -0.2) is 15.5 Å². The fraction of sp³-hybridized carbons (Fsp3) is 0.500. The Morgan fingerprint density at radius 2 is 2.00 bits per heavy atom. The second-order valence-electron chi connectivity index (χ2n) is 4.28. The quantitative estimate of drug-likeness (QED) is 0.904. The van der Waals surface area contributed by atoms with Crippen LogP contribution in [0.2, 0.25) is 5.02 Å². The Morgan fingerprint density at radius 1 is 1.31 bits per heavy atom. The van der Waals surface area contributed by atoms with E-state index in [4.69, 9.17) is 17.3 Å². The van der Waals surface area contributed by atoms with E-state index in [0.29, 0.717) is 10.8 Å². The topological polar surface area (TPSA) is 43.1 Å². The van der Waals surface area contributed by atoms with E-state index < -0.39 is 10.8 Å². The van der Waals surface area contributed by atoms with Crippen molar-refractivity contribution in [2.24, 2.45) is 5.73 Å². The van der Waals surface area contributed by atoms with Gasteiger partial charge in [0.15, 0.2) is 0 Å². The van der Waals surface area contributed by atoms with Crippen molar-refractivity contribution in [3.8, 4) is 0 Å². The van der Waals surface area contributed by atoms with Crippen LogP contribution < -0.4 is 5.73 Å². The summed E-state index contributed by atoms with van der Waals surface area (Å²) in [7, 11) is -0.851. The molecule has 2 nitrogen and oxygen atoms in total. The van der Waals surface area contributed by atoms with E-state index in [1.807, 2.05) is 24.3 Å². The smallest absolute Gasteiger partial charge is 0.0502 e. The van der Waals surface area contributed by atoms with Gasteiger partial charge in [-0.05, 0) is 30.5 Å². The van der Waals surface area contributed by atoms with Crippen molar-refractivity contribution < 1.29 is 4.21 Å². The van der Waals surface area contributed by atoms with Crippen molar-refractivity contribution in [1.82, 2.24) is 0 Å². The number of nitrogens with two attached hydrogens (primary N) is 1. The largest absolute Gasteiger partial charge is 0.327 e. The maximum Gasteiger partial charge on any atom is 0.0502 e. The number of halogens is 1. The SMILES string of the molecule is NC1CCCC1S(=O)Cc1ccc(Cl)cc1. The highest BCUT2D eigenvalue weighted by Crippen LogP contribution is 2.24.